The second-order valence-electron chi connectivity index (χ2n) is 6.43. The highest BCUT2D eigenvalue weighted by atomic mass is 16.7. The van der Waals surface area contributed by atoms with E-state index in [-0.39, 0.29) is 6.79 Å². The van der Waals surface area contributed by atoms with Gasteiger partial charge in [0.05, 0.1) is 27.0 Å². The third-order valence-corrected chi connectivity index (χ3v) is 4.80. The first-order valence-corrected chi connectivity index (χ1v) is 9.30. The van der Waals surface area contributed by atoms with Gasteiger partial charge >= 0.3 is 0 Å². The van der Waals surface area contributed by atoms with Crippen molar-refractivity contribution in [2.75, 3.05) is 33.4 Å². The number of hydrogen-bond acceptors (Lipinski definition) is 8. The molecule has 8 heteroatoms. The van der Waals surface area contributed by atoms with Crippen LogP contribution in [-0.2, 0) is 13.0 Å². The Hall–Kier alpha value is -3.42. The third-order valence-electron chi connectivity index (χ3n) is 4.80. The predicted molar refractivity (Wildman–Crippen MR) is 108 cm³/mol. The molecule has 0 saturated heterocycles. The van der Waals surface area contributed by atoms with E-state index in [1.807, 2.05) is 31.2 Å². The third kappa shape index (κ3) is 3.41. The van der Waals surface area contributed by atoms with E-state index in [0.717, 1.165) is 34.6 Å². The van der Waals surface area contributed by atoms with E-state index in [1.165, 1.54) is 0 Å². The Morgan fingerprint density at radius 1 is 0.966 bits per heavy atom. The number of anilines is 1. The molecule has 3 aromatic rings. The van der Waals surface area contributed by atoms with Gasteiger partial charge < -0.3 is 29.0 Å². The number of hydrogen-bond donors (Lipinski definition) is 1. The first-order valence-electron chi connectivity index (χ1n) is 9.30. The summed E-state index contributed by atoms with van der Waals surface area (Å²) < 4.78 is 27.4. The standard InChI is InChI=1S/C21H23N3O5/c1-5-14-13-9-17(25-2)19(26-3)20(27-4)18(13)24-21(23-14)22-10-12-6-7-15-16(8-12)29-11-28-15/h6-9H,5,10-11H2,1-4H3,(H,22,23,24). The molecule has 1 aliphatic heterocycles. The van der Waals surface area contributed by atoms with Gasteiger partial charge in [-0.1, -0.05) is 13.0 Å². The minimum atomic E-state index is 0.255. The molecule has 29 heavy (non-hydrogen) atoms. The van der Waals surface area contributed by atoms with Crippen molar-refractivity contribution in [2.24, 2.45) is 0 Å². The molecule has 0 atom stereocenters. The highest BCUT2D eigenvalue weighted by Gasteiger charge is 2.20. The van der Waals surface area contributed by atoms with Crippen LogP contribution in [0.25, 0.3) is 10.9 Å². The summed E-state index contributed by atoms with van der Waals surface area (Å²) in [6.07, 6.45) is 0.733. The molecule has 152 valence electrons. The molecule has 2 aromatic carbocycles. The van der Waals surface area contributed by atoms with Crippen LogP contribution in [0.4, 0.5) is 5.95 Å². The maximum Gasteiger partial charge on any atom is 0.231 e. The van der Waals surface area contributed by atoms with Crippen LogP contribution in [0.5, 0.6) is 28.7 Å². The number of rotatable bonds is 7. The summed E-state index contributed by atoms with van der Waals surface area (Å²) in [5.74, 6) is 3.62. The van der Waals surface area contributed by atoms with Crippen LogP contribution >= 0.6 is 0 Å². The van der Waals surface area contributed by atoms with Gasteiger partial charge in [0.15, 0.2) is 23.0 Å². The fourth-order valence-electron chi connectivity index (χ4n) is 3.37. The first kappa shape index (κ1) is 18.9. The van der Waals surface area contributed by atoms with E-state index in [0.29, 0.717) is 35.3 Å². The summed E-state index contributed by atoms with van der Waals surface area (Å²) in [6, 6.07) is 7.72. The molecule has 1 N–H and O–H groups in total. The van der Waals surface area contributed by atoms with Crippen molar-refractivity contribution >= 4 is 16.9 Å². The number of benzene rings is 2. The topological polar surface area (TPSA) is 84.0 Å². The second kappa shape index (κ2) is 7.90. The molecule has 0 spiro atoms. The van der Waals surface area contributed by atoms with Gasteiger partial charge in [-0.3, -0.25) is 0 Å². The average molecular weight is 397 g/mol. The SMILES string of the molecule is CCc1nc(NCc2ccc3c(c2)OCO3)nc2c(OC)c(OC)c(OC)cc12. The van der Waals surface area contributed by atoms with Crippen LogP contribution in [0, 0.1) is 0 Å². The predicted octanol–water partition coefficient (Wildman–Crippen LogP) is 3.56. The van der Waals surface area contributed by atoms with E-state index in [9.17, 15) is 0 Å². The molecule has 0 aliphatic carbocycles. The Morgan fingerprint density at radius 2 is 1.76 bits per heavy atom. The Bertz CT molecular complexity index is 1050. The monoisotopic (exact) mass is 397 g/mol. The van der Waals surface area contributed by atoms with Crippen molar-refractivity contribution in [3.8, 4) is 28.7 Å². The zero-order chi connectivity index (χ0) is 20.4. The maximum absolute atomic E-state index is 5.61. The van der Waals surface area contributed by atoms with Crippen molar-refractivity contribution in [1.82, 2.24) is 9.97 Å². The van der Waals surface area contributed by atoms with Crippen LogP contribution in [-0.4, -0.2) is 38.1 Å². The molecule has 0 bridgehead atoms. The van der Waals surface area contributed by atoms with E-state index in [2.05, 4.69) is 15.3 Å². The Morgan fingerprint density at radius 3 is 2.48 bits per heavy atom. The molecule has 0 unspecified atom stereocenters. The summed E-state index contributed by atoms with van der Waals surface area (Å²) >= 11 is 0. The van der Waals surface area contributed by atoms with Gasteiger partial charge in [0, 0.05) is 11.9 Å². The van der Waals surface area contributed by atoms with E-state index < -0.39 is 0 Å². The molecule has 0 amide bonds. The van der Waals surface area contributed by atoms with Crippen molar-refractivity contribution in [3.63, 3.8) is 0 Å². The zero-order valence-electron chi connectivity index (χ0n) is 16.9. The minimum Gasteiger partial charge on any atom is -0.493 e. The molecule has 4 rings (SSSR count). The number of nitrogens with one attached hydrogen (secondary N) is 1. The minimum absolute atomic E-state index is 0.255. The van der Waals surface area contributed by atoms with Gasteiger partial charge in [0.2, 0.25) is 18.5 Å². The lowest BCUT2D eigenvalue weighted by molar-refractivity contribution is 0.174. The lowest BCUT2D eigenvalue weighted by Crippen LogP contribution is -2.07. The molecule has 0 fully saturated rings. The average Bonchev–Trinajstić information content (AvgIpc) is 3.23. The van der Waals surface area contributed by atoms with Crippen LogP contribution in [0.3, 0.4) is 0 Å². The summed E-state index contributed by atoms with van der Waals surface area (Å²) in [5, 5.41) is 4.16. The van der Waals surface area contributed by atoms with Crippen molar-refractivity contribution < 1.29 is 23.7 Å². The number of ether oxygens (including phenoxy) is 5. The van der Waals surface area contributed by atoms with Crippen molar-refractivity contribution in [1.29, 1.82) is 0 Å². The number of aryl methyl sites for hydroxylation is 1. The van der Waals surface area contributed by atoms with Crippen molar-refractivity contribution in [2.45, 2.75) is 19.9 Å². The lowest BCUT2D eigenvalue weighted by atomic mass is 10.1. The van der Waals surface area contributed by atoms with Crippen LogP contribution in [0.1, 0.15) is 18.2 Å². The fraction of sp³-hybridized carbons (Fsp3) is 0.333. The molecule has 2 heterocycles. The maximum atomic E-state index is 5.61. The highest BCUT2D eigenvalue weighted by molar-refractivity contribution is 5.92. The quantitative estimate of drug-likeness (QED) is 0.648. The van der Waals surface area contributed by atoms with E-state index in [4.69, 9.17) is 23.7 Å². The van der Waals surface area contributed by atoms with Gasteiger partial charge in [-0.15, -0.1) is 0 Å². The normalized spacial score (nSPS) is 12.1. The van der Waals surface area contributed by atoms with E-state index in [1.54, 1.807) is 21.3 Å². The van der Waals surface area contributed by atoms with Gasteiger partial charge in [0.1, 0.15) is 5.52 Å². The second-order valence-corrected chi connectivity index (χ2v) is 6.43. The van der Waals surface area contributed by atoms with E-state index >= 15 is 0 Å². The molecule has 0 saturated carbocycles. The lowest BCUT2D eigenvalue weighted by Gasteiger charge is -2.16. The number of nitrogens with zero attached hydrogens (tertiary/aromatic N) is 2. The summed E-state index contributed by atoms with van der Waals surface area (Å²) in [4.78, 5) is 9.37. The molecule has 1 aliphatic rings. The molecule has 0 radical (unpaired) electrons. The summed E-state index contributed by atoms with van der Waals surface area (Å²) in [5.41, 5.74) is 2.60. The Balaban J connectivity index is 1.71. The number of fused-ring (bicyclic) bond motifs is 2. The largest absolute Gasteiger partial charge is 0.493 e. The van der Waals surface area contributed by atoms with Crippen molar-refractivity contribution in [3.05, 3.63) is 35.5 Å². The molecular formula is C21H23N3O5. The van der Waals surface area contributed by atoms with Crippen LogP contribution < -0.4 is 29.0 Å². The Kier molecular flexibility index (Phi) is 5.16. The van der Waals surface area contributed by atoms with Gasteiger partial charge in [-0.2, -0.15) is 0 Å². The first-order chi connectivity index (χ1) is 14.2. The zero-order valence-corrected chi connectivity index (χ0v) is 16.9. The fourth-order valence-corrected chi connectivity index (χ4v) is 3.37. The summed E-state index contributed by atoms with van der Waals surface area (Å²) in [7, 11) is 4.76. The molecule has 8 nitrogen and oxygen atoms in total. The smallest absolute Gasteiger partial charge is 0.231 e. The number of aromatic nitrogens is 2. The molecular weight excluding hydrogens is 374 g/mol. The van der Waals surface area contributed by atoms with Gasteiger partial charge in [0.25, 0.3) is 0 Å². The summed E-state index contributed by atoms with van der Waals surface area (Å²) in [6.45, 7) is 2.85. The number of methoxy groups -OCH3 is 3. The van der Waals surface area contributed by atoms with Gasteiger partial charge in [-0.05, 0) is 30.2 Å². The highest BCUT2D eigenvalue weighted by Crippen LogP contribution is 2.43. The Labute approximate surface area is 168 Å². The molecule has 1 aromatic heterocycles. The van der Waals surface area contributed by atoms with Gasteiger partial charge in [-0.25, -0.2) is 9.97 Å². The van der Waals surface area contributed by atoms with Crippen LogP contribution in [0.2, 0.25) is 0 Å². The van der Waals surface area contributed by atoms with Crippen LogP contribution in [0.15, 0.2) is 24.3 Å².